The Morgan fingerprint density at radius 1 is 1.17 bits per heavy atom. The highest BCUT2D eigenvalue weighted by Gasteiger charge is 2.11. The normalized spacial score (nSPS) is 11.1. The lowest BCUT2D eigenvalue weighted by molar-refractivity contribution is 0.297. The molecule has 5 heteroatoms. The van der Waals surface area contributed by atoms with Crippen molar-refractivity contribution in [2.45, 2.75) is 27.3 Å². The summed E-state index contributed by atoms with van der Waals surface area (Å²) in [6.45, 7) is 6.80. The van der Waals surface area contributed by atoms with Crippen LogP contribution in [0.25, 0.3) is 11.0 Å². The Kier molecular flexibility index (Phi) is 4.18. The molecule has 0 aliphatic heterocycles. The van der Waals surface area contributed by atoms with Gasteiger partial charge in [0.25, 0.3) is 0 Å². The summed E-state index contributed by atoms with van der Waals surface area (Å²) in [5, 5.41) is 10.4. The Balaban J connectivity index is 1.78. The monoisotopic (exact) mass is 330 g/mol. The lowest BCUT2D eigenvalue weighted by Gasteiger charge is -2.15. The maximum Gasteiger partial charge on any atom is 0.203 e. The molecule has 0 atom stereocenters. The Bertz CT molecular complexity index is 871. The van der Waals surface area contributed by atoms with Gasteiger partial charge in [0, 0.05) is 0 Å². The van der Waals surface area contributed by atoms with Crippen molar-refractivity contribution >= 4 is 22.6 Å². The van der Waals surface area contributed by atoms with Crippen LogP contribution in [0, 0.1) is 20.8 Å². The molecule has 0 spiro atoms. The number of para-hydroxylation sites is 2. The largest absolute Gasteiger partial charge is 0.507 e. The Labute approximate surface area is 140 Å². The first-order valence-electron chi connectivity index (χ1n) is 7.52. The van der Waals surface area contributed by atoms with Gasteiger partial charge in [-0.3, -0.25) is 0 Å². The first kappa shape index (κ1) is 15.7. The van der Waals surface area contributed by atoms with Gasteiger partial charge < -0.3 is 14.4 Å². The van der Waals surface area contributed by atoms with Crippen LogP contribution in [0.15, 0.2) is 30.3 Å². The molecule has 3 rings (SSSR count). The van der Waals surface area contributed by atoms with E-state index in [0.717, 1.165) is 33.5 Å². The molecule has 3 aromatic rings. The van der Waals surface area contributed by atoms with Crippen LogP contribution in [0.5, 0.6) is 11.5 Å². The van der Waals surface area contributed by atoms with Crippen molar-refractivity contribution in [1.82, 2.24) is 9.55 Å². The van der Waals surface area contributed by atoms with Gasteiger partial charge in [0.1, 0.15) is 18.1 Å². The standard InChI is InChI=1S/C18H19ClN2O2/c1-11-10-16(12(2)13(3)17(11)22)23-9-8-21-15-7-5-4-6-14(15)20-18(21)19/h4-7,10,22H,8-9H2,1-3H3. The van der Waals surface area contributed by atoms with E-state index in [0.29, 0.717) is 24.2 Å². The molecule has 0 saturated carbocycles. The minimum absolute atomic E-state index is 0.332. The molecule has 1 heterocycles. The summed E-state index contributed by atoms with van der Waals surface area (Å²) < 4.78 is 7.85. The van der Waals surface area contributed by atoms with Crippen molar-refractivity contribution in [3.8, 4) is 11.5 Å². The van der Waals surface area contributed by atoms with Crippen molar-refractivity contribution in [2.24, 2.45) is 0 Å². The molecular weight excluding hydrogens is 312 g/mol. The summed E-state index contributed by atoms with van der Waals surface area (Å²) in [7, 11) is 0. The molecule has 1 N–H and O–H groups in total. The number of rotatable bonds is 4. The lowest BCUT2D eigenvalue weighted by Crippen LogP contribution is -2.09. The zero-order valence-corrected chi connectivity index (χ0v) is 14.2. The number of hydrogen-bond donors (Lipinski definition) is 1. The number of nitrogens with zero attached hydrogens (tertiary/aromatic N) is 2. The van der Waals surface area contributed by atoms with Gasteiger partial charge in [-0.2, -0.15) is 0 Å². The number of fused-ring (bicyclic) bond motifs is 1. The second kappa shape index (κ2) is 6.13. The summed E-state index contributed by atoms with van der Waals surface area (Å²) in [5.74, 6) is 1.12. The number of aromatic hydroxyl groups is 1. The van der Waals surface area contributed by atoms with Gasteiger partial charge in [0.15, 0.2) is 0 Å². The van der Waals surface area contributed by atoms with E-state index in [1.807, 2.05) is 55.7 Å². The van der Waals surface area contributed by atoms with Crippen LogP contribution in [0.1, 0.15) is 16.7 Å². The number of aryl methyl sites for hydroxylation is 1. The van der Waals surface area contributed by atoms with E-state index in [1.165, 1.54) is 0 Å². The third-order valence-electron chi connectivity index (χ3n) is 4.19. The zero-order chi connectivity index (χ0) is 16.6. The number of benzene rings is 2. The Morgan fingerprint density at radius 3 is 2.70 bits per heavy atom. The maximum absolute atomic E-state index is 9.96. The smallest absolute Gasteiger partial charge is 0.203 e. The van der Waals surface area contributed by atoms with E-state index in [4.69, 9.17) is 16.3 Å². The lowest BCUT2D eigenvalue weighted by atomic mass is 10.0. The molecule has 0 unspecified atom stereocenters. The number of ether oxygens (including phenoxy) is 1. The second-order valence-corrected chi connectivity index (χ2v) is 6.00. The molecule has 0 aliphatic carbocycles. The van der Waals surface area contributed by atoms with E-state index < -0.39 is 0 Å². The number of phenolic OH excluding ortho intramolecular Hbond substituents is 1. The molecule has 0 amide bonds. The highest BCUT2D eigenvalue weighted by molar-refractivity contribution is 6.29. The fourth-order valence-corrected chi connectivity index (χ4v) is 2.95. The van der Waals surface area contributed by atoms with Crippen LogP contribution in [-0.4, -0.2) is 21.3 Å². The third-order valence-corrected chi connectivity index (χ3v) is 4.48. The van der Waals surface area contributed by atoms with Crippen LogP contribution in [-0.2, 0) is 6.54 Å². The van der Waals surface area contributed by atoms with Crippen molar-refractivity contribution in [1.29, 1.82) is 0 Å². The SMILES string of the molecule is Cc1cc(OCCn2c(Cl)nc3ccccc32)c(C)c(C)c1O. The van der Waals surface area contributed by atoms with Crippen LogP contribution in [0.3, 0.4) is 0 Å². The number of phenols is 1. The van der Waals surface area contributed by atoms with E-state index in [9.17, 15) is 5.11 Å². The Hall–Kier alpha value is -2.20. The van der Waals surface area contributed by atoms with Gasteiger partial charge in [-0.05, 0) is 67.3 Å². The highest BCUT2D eigenvalue weighted by Crippen LogP contribution is 2.32. The summed E-state index contributed by atoms with van der Waals surface area (Å²) in [6, 6.07) is 9.71. The van der Waals surface area contributed by atoms with Crippen LogP contribution in [0.4, 0.5) is 0 Å². The average molecular weight is 331 g/mol. The topological polar surface area (TPSA) is 47.3 Å². The minimum Gasteiger partial charge on any atom is -0.507 e. The second-order valence-electron chi connectivity index (χ2n) is 5.66. The molecule has 0 fully saturated rings. The minimum atomic E-state index is 0.332. The van der Waals surface area contributed by atoms with Gasteiger partial charge >= 0.3 is 0 Å². The molecule has 4 nitrogen and oxygen atoms in total. The van der Waals surface area contributed by atoms with Crippen molar-refractivity contribution in [3.05, 3.63) is 52.3 Å². The highest BCUT2D eigenvalue weighted by atomic mass is 35.5. The van der Waals surface area contributed by atoms with Crippen molar-refractivity contribution < 1.29 is 9.84 Å². The summed E-state index contributed by atoms with van der Waals surface area (Å²) in [4.78, 5) is 4.34. The quantitative estimate of drug-likeness (QED) is 0.771. The predicted molar refractivity (Wildman–Crippen MR) is 92.6 cm³/mol. The molecule has 1 aromatic heterocycles. The first-order valence-corrected chi connectivity index (χ1v) is 7.90. The number of aromatic nitrogens is 2. The number of hydrogen-bond acceptors (Lipinski definition) is 3. The average Bonchev–Trinajstić information content (AvgIpc) is 2.86. The van der Waals surface area contributed by atoms with Crippen molar-refractivity contribution in [2.75, 3.05) is 6.61 Å². The van der Waals surface area contributed by atoms with Gasteiger partial charge in [0.05, 0.1) is 17.6 Å². The summed E-state index contributed by atoms with van der Waals surface area (Å²) in [6.07, 6.45) is 0. The van der Waals surface area contributed by atoms with E-state index in [2.05, 4.69) is 4.98 Å². The number of imidazole rings is 1. The fourth-order valence-electron chi connectivity index (χ4n) is 2.69. The van der Waals surface area contributed by atoms with Gasteiger partial charge in [-0.1, -0.05) is 12.1 Å². The van der Waals surface area contributed by atoms with E-state index in [1.54, 1.807) is 0 Å². The zero-order valence-electron chi connectivity index (χ0n) is 13.4. The van der Waals surface area contributed by atoms with E-state index in [-0.39, 0.29) is 0 Å². The van der Waals surface area contributed by atoms with Gasteiger partial charge in [0.2, 0.25) is 5.28 Å². The van der Waals surface area contributed by atoms with Crippen LogP contribution >= 0.6 is 11.6 Å². The van der Waals surface area contributed by atoms with Crippen LogP contribution in [0.2, 0.25) is 5.28 Å². The summed E-state index contributed by atoms with van der Waals surface area (Å²) in [5.41, 5.74) is 4.50. The molecule has 120 valence electrons. The van der Waals surface area contributed by atoms with Crippen LogP contribution < -0.4 is 4.74 Å². The van der Waals surface area contributed by atoms with Gasteiger partial charge in [-0.25, -0.2) is 4.98 Å². The third kappa shape index (κ3) is 2.86. The number of halogens is 1. The molecule has 0 bridgehead atoms. The molecule has 0 radical (unpaired) electrons. The molecule has 0 saturated heterocycles. The molecular formula is C18H19ClN2O2. The molecule has 23 heavy (non-hydrogen) atoms. The Morgan fingerprint density at radius 2 is 1.91 bits per heavy atom. The summed E-state index contributed by atoms with van der Waals surface area (Å²) >= 11 is 6.22. The predicted octanol–water partition coefficient (Wildman–Crippen LogP) is 4.40. The first-order chi connectivity index (χ1) is 11.0. The van der Waals surface area contributed by atoms with Gasteiger partial charge in [-0.15, -0.1) is 0 Å². The van der Waals surface area contributed by atoms with E-state index >= 15 is 0 Å². The van der Waals surface area contributed by atoms with Crippen molar-refractivity contribution in [3.63, 3.8) is 0 Å². The fraction of sp³-hybridized carbons (Fsp3) is 0.278. The molecule has 2 aromatic carbocycles. The molecule has 0 aliphatic rings. The maximum atomic E-state index is 9.96.